The second kappa shape index (κ2) is 7.71. The number of aromatic hydroxyl groups is 1. The molecule has 9 nitrogen and oxygen atoms in total. The number of carbonyl (C=O) groups excluding carboxylic acids is 1. The first-order chi connectivity index (χ1) is 11.9. The van der Waals surface area contributed by atoms with Gasteiger partial charge in [0.25, 0.3) is 11.5 Å². The highest BCUT2D eigenvalue weighted by atomic mass is 32.1. The van der Waals surface area contributed by atoms with Crippen molar-refractivity contribution < 1.29 is 24.5 Å². The van der Waals surface area contributed by atoms with Gasteiger partial charge in [0.2, 0.25) is 0 Å². The second-order valence-electron chi connectivity index (χ2n) is 4.85. The average molecular weight is 365 g/mol. The maximum atomic E-state index is 12.2. The Labute approximate surface area is 147 Å². The molecule has 10 heteroatoms. The van der Waals surface area contributed by atoms with Crippen molar-refractivity contribution in [3.05, 3.63) is 46.4 Å². The number of carboxylic acids is 1. The van der Waals surface area contributed by atoms with Crippen LogP contribution in [0.25, 0.3) is 5.69 Å². The molecular weight excluding hydrogens is 350 g/mol. The number of carboxylic acid groups (broad SMARTS) is 1. The Balaban J connectivity index is 2.49. The molecule has 3 N–H and O–H groups in total. The molecule has 0 bridgehead atoms. The lowest BCUT2D eigenvalue weighted by atomic mass is 10.2. The van der Waals surface area contributed by atoms with Gasteiger partial charge in [0.05, 0.1) is 7.11 Å². The number of para-hydroxylation sites is 2. The smallest absolute Gasteiger partial charge is 0.327 e. The second-order valence-corrected chi connectivity index (χ2v) is 5.21. The molecule has 0 aliphatic heterocycles. The zero-order valence-electron chi connectivity index (χ0n) is 13.0. The molecule has 0 fully saturated rings. The summed E-state index contributed by atoms with van der Waals surface area (Å²) in [6, 6.07) is 6.00. The van der Waals surface area contributed by atoms with E-state index in [-0.39, 0.29) is 11.4 Å². The first-order valence-corrected chi connectivity index (χ1v) is 7.63. The fourth-order valence-corrected chi connectivity index (χ4v) is 2.25. The third-order valence-corrected chi connectivity index (χ3v) is 3.59. The van der Waals surface area contributed by atoms with Gasteiger partial charge in [-0.3, -0.25) is 9.59 Å². The van der Waals surface area contributed by atoms with Crippen LogP contribution in [-0.4, -0.2) is 50.8 Å². The number of benzene rings is 1. The summed E-state index contributed by atoms with van der Waals surface area (Å²) in [4.78, 5) is 35.3. The minimum Gasteiger partial charge on any atom is -0.505 e. The highest BCUT2D eigenvalue weighted by Crippen LogP contribution is 2.21. The van der Waals surface area contributed by atoms with E-state index in [4.69, 9.17) is 9.84 Å². The monoisotopic (exact) mass is 365 g/mol. The van der Waals surface area contributed by atoms with Gasteiger partial charge in [-0.2, -0.15) is 22.4 Å². The number of hydrogen-bond acceptors (Lipinski definition) is 7. The summed E-state index contributed by atoms with van der Waals surface area (Å²) < 4.78 is 6.03. The molecule has 0 aliphatic carbocycles. The van der Waals surface area contributed by atoms with Crippen molar-refractivity contribution in [1.82, 2.24) is 15.1 Å². The van der Waals surface area contributed by atoms with Crippen molar-refractivity contribution in [2.24, 2.45) is 0 Å². The van der Waals surface area contributed by atoms with E-state index in [1.54, 1.807) is 24.3 Å². The summed E-state index contributed by atoms with van der Waals surface area (Å²) >= 11 is 3.84. The van der Waals surface area contributed by atoms with Crippen molar-refractivity contribution >= 4 is 24.5 Å². The number of rotatable bonds is 6. The summed E-state index contributed by atoms with van der Waals surface area (Å²) in [6.07, 6.45) is 0. The minimum atomic E-state index is -1.29. The molecule has 0 radical (unpaired) electrons. The summed E-state index contributed by atoms with van der Waals surface area (Å²) in [6.45, 7) is 0. The van der Waals surface area contributed by atoms with Crippen LogP contribution >= 0.6 is 12.6 Å². The molecule has 1 aromatic heterocycles. The number of thiol groups is 1. The van der Waals surface area contributed by atoms with E-state index in [2.05, 4.69) is 23.0 Å². The van der Waals surface area contributed by atoms with Gasteiger partial charge in [-0.05, 0) is 12.1 Å². The number of hydrogen-bond donors (Lipinski definition) is 4. The summed E-state index contributed by atoms with van der Waals surface area (Å²) in [5.41, 5.74) is -0.936. The zero-order chi connectivity index (χ0) is 18.6. The van der Waals surface area contributed by atoms with Crippen LogP contribution in [0.3, 0.4) is 0 Å². The van der Waals surface area contributed by atoms with E-state index >= 15 is 0 Å². The van der Waals surface area contributed by atoms with Gasteiger partial charge in [0.15, 0.2) is 11.4 Å². The minimum absolute atomic E-state index is 0.159. The first-order valence-electron chi connectivity index (χ1n) is 7.00. The van der Waals surface area contributed by atoms with Crippen LogP contribution < -0.4 is 15.6 Å². The van der Waals surface area contributed by atoms with Crippen LogP contribution in [0.1, 0.15) is 10.5 Å². The van der Waals surface area contributed by atoms with Crippen LogP contribution in [-0.2, 0) is 4.79 Å². The van der Waals surface area contributed by atoms with Crippen molar-refractivity contribution in [2.45, 2.75) is 6.04 Å². The molecule has 2 rings (SSSR count). The van der Waals surface area contributed by atoms with E-state index in [1.165, 1.54) is 7.11 Å². The molecule has 2 aromatic rings. The largest absolute Gasteiger partial charge is 0.505 e. The quantitative estimate of drug-likeness (QED) is 0.532. The molecule has 25 heavy (non-hydrogen) atoms. The molecular formula is C15H15N3O6S. The Bertz CT molecular complexity index is 867. The highest BCUT2D eigenvalue weighted by molar-refractivity contribution is 7.80. The third kappa shape index (κ3) is 3.91. The molecule has 0 saturated heterocycles. The van der Waals surface area contributed by atoms with Gasteiger partial charge in [-0.1, -0.05) is 12.1 Å². The van der Waals surface area contributed by atoms with E-state index in [0.717, 1.165) is 10.7 Å². The van der Waals surface area contributed by atoms with Gasteiger partial charge < -0.3 is 20.3 Å². The molecule has 1 amide bonds. The molecule has 1 aromatic carbocycles. The standard InChI is InChI=1S/C15H15N3O6S/c1-24-11-5-3-2-4-9(11)18-12(20)6-10(19)13(17-18)14(21)16-8(7-25)15(22)23/h2-6,8,19,25H,7H2,1H3,(H,16,21)(H,22,23). The van der Waals surface area contributed by atoms with Gasteiger partial charge in [-0.25, -0.2) is 4.79 Å². The SMILES string of the molecule is COc1ccccc1-n1nc(C(=O)NC(CS)C(=O)O)c(O)cc1=O. The van der Waals surface area contributed by atoms with Gasteiger partial charge in [-0.15, -0.1) is 0 Å². The van der Waals surface area contributed by atoms with Crippen molar-refractivity contribution in [3.63, 3.8) is 0 Å². The Morgan fingerprint density at radius 1 is 1.40 bits per heavy atom. The Kier molecular flexibility index (Phi) is 5.65. The molecule has 1 atom stereocenters. The number of methoxy groups -OCH3 is 1. The fraction of sp³-hybridized carbons (Fsp3) is 0.200. The summed E-state index contributed by atoms with van der Waals surface area (Å²) in [5.74, 6) is -2.75. The maximum Gasteiger partial charge on any atom is 0.327 e. The third-order valence-electron chi connectivity index (χ3n) is 3.23. The lowest BCUT2D eigenvalue weighted by molar-refractivity contribution is -0.138. The van der Waals surface area contributed by atoms with E-state index in [0.29, 0.717) is 5.75 Å². The van der Waals surface area contributed by atoms with E-state index < -0.39 is 34.9 Å². The van der Waals surface area contributed by atoms with Crippen LogP contribution in [0.15, 0.2) is 35.1 Å². The Hall–Kier alpha value is -3.01. The number of nitrogens with one attached hydrogen (secondary N) is 1. The molecule has 132 valence electrons. The number of ether oxygens (including phenoxy) is 1. The fourth-order valence-electron chi connectivity index (χ4n) is 2.00. The van der Waals surface area contributed by atoms with Crippen molar-refractivity contribution in [2.75, 3.05) is 12.9 Å². The number of amides is 1. The Morgan fingerprint density at radius 2 is 2.08 bits per heavy atom. The lowest BCUT2D eigenvalue weighted by Crippen LogP contribution is -2.43. The summed E-state index contributed by atoms with van der Waals surface area (Å²) in [5, 5.41) is 24.8. The Morgan fingerprint density at radius 3 is 2.68 bits per heavy atom. The average Bonchev–Trinajstić information content (AvgIpc) is 2.59. The normalized spacial score (nSPS) is 11.6. The number of carbonyl (C=O) groups is 2. The molecule has 0 saturated carbocycles. The van der Waals surface area contributed by atoms with Crippen LogP contribution in [0.2, 0.25) is 0 Å². The van der Waals surface area contributed by atoms with E-state index in [9.17, 15) is 19.5 Å². The summed E-state index contributed by atoms with van der Waals surface area (Å²) in [7, 11) is 1.40. The lowest BCUT2D eigenvalue weighted by Gasteiger charge is -2.14. The maximum absolute atomic E-state index is 12.2. The molecule has 0 aliphatic rings. The van der Waals surface area contributed by atoms with E-state index in [1.807, 2.05) is 0 Å². The molecule has 0 spiro atoms. The topological polar surface area (TPSA) is 131 Å². The predicted octanol–water partition coefficient (Wildman–Crippen LogP) is 0.0595. The number of aromatic nitrogens is 2. The highest BCUT2D eigenvalue weighted by Gasteiger charge is 2.23. The first kappa shape index (κ1) is 18.3. The van der Waals surface area contributed by atoms with Crippen LogP contribution in [0.4, 0.5) is 0 Å². The van der Waals surface area contributed by atoms with Crippen LogP contribution in [0, 0.1) is 0 Å². The zero-order valence-corrected chi connectivity index (χ0v) is 13.9. The van der Waals surface area contributed by atoms with Gasteiger partial charge in [0, 0.05) is 11.8 Å². The van der Waals surface area contributed by atoms with Gasteiger partial charge >= 0.3 is 5.97 Å². The molecule has 1 heterocycles. The van der Waals surface area contributed by atoms with Crippen LogP contribution in [0.5, 0.6) is 11.5 Å². The van der Waals surface area contributed by atoms with Gasteiger partial charge in [0.1, 0.15) is 17.5 Å². The number of nitrogens with zero attached hydrogens (tertiary/aromatic N) is 2. The number of aliphatic carboxylic acids is 1. The van der Waals surface area contributed by atoms with Crippen molar-refractivity contribution in [1.29, 1.82) is 0 Å². The van der Waals surface area contributed by atoms with Crippen molar-refractivity contribution in [3.8, 4) is 17.2 Å². The molecule has 1 unspecified atom stereocenters. The predicted molar refractivity (Wildman–Crippen MR) is 90.8 cm³/mol.